The van der Waals surface area contributed by atoms with Gasteiger partial charge < -0.3 is 11.1 Å². The maximum atomic E-state index is 11.9. The molecule has 0 aliphatic rings. The van der Waals surface area contributed by atoms with Crippen LogP contribution in [0.3, 0.4) is 0 Å². The van der Waals surface area contributed by atoms with Crippen LogP contribution in [0.15, 0.2) is 0 Å². The Hall–Kier alpha value is -0.570. The fourth-order valence-corrected chi connectivity index (χ4v) is 1.90. The Morgan fingerprint density at radius 2 is 1.89 bits per heavy atom. The quantitative estimate of drug-likeness (QED) is 0.623. The molecular weight excluding hydrogens is 224 g/mol. The third kappa shape index (κ3) is 7.00. The highest BCUT2D eigenvalue weighted by molar-refractivity contribution is 5.81. The lowest BCUT2D eigenvalue weighted by molar-refractivity contribution is -0.123. The van der Waals surface area contributed by atoms with Crippen molar-refractivity contribution in [2.24, 2.45) is 17.1 Å². The van der Waals surface area contributed by atoms with Gasteiger partial charge in [0.1, 0.15) is 0 Å². The van der Waals surface area contributed by atoms with Crippen LogP contribution in [0.25, 0.3) is 0 Å². The van der Waals surface area contributed by atoms with E-state index in [1.54, 1.807) is 0 Å². The number of unbranched alkanes of at least 4 members (excludes halogenated alkanes) is 2. The van der Waals surface area contributed by atoms with Gasteiger partial charge in [-0.2, -0.15) is 0 Å². The van der Waals surface area contributed by atoms with Crippen LogP contribution in [0, 0.1) is 11.3 Å². The molecule has 0 aromatic heterocycles. The summed E-state index contributed by atoms with van der Waals surface area (Å²) in [4.78, 5) is 11.9. The second-order valence-electron chi connectivity index (χ2n) is 6.25. The summed E-state index contributed by atoms with van der Waals surface area (Å²) in [5, 5.41) is 3.00. The van der Waals surface area contributed by atoms with Gasteiger partial charge in [-0.3, -0.25) is 4.79 Å². The van der Waals surface area contributed by atoms with Gasteiger partial charge in [0, 0.05) is 6.54 Å². The Bertz CT molecular complexity index is 239. The highest BCUT2D eigenvalue weighted by atomic mass is 16.2. The zero-order valence-electron chi connectivity index (χ0n) is 12.9. The van der Waals surface area contributed by atoms with Crippen molar-refractivity contribution in [3.63, 3.8) is 0 Å². The average molecular weight is 256 g/mol. The molecule has 0 aliphatic heterocycles. The van der Waals surface area contributed by atoms with Crippen LogP contribution < -0.4 is 11.1 Å². The van der Waals surface area contributed by atoms with Crippen molar-refractivity contribution in [2.45, 2.75) is 72.8 Å². The van der Waals surface area contributed by atoms with Gasteiger partial charge in [-0.05, 0) is 17.8 Å². The first-order valence-electron chi connectivity index (χ1n) is 7.37. The van der Waals surface area contributed by atoms with Crippen molar-refractivity contribution in [1.29, 1.82) is 0 Å². The van der Waals surface area contributed by atoms with Crippen molar-refractivity contribution < 1.29 is 4.79 Å². The number of rotatable bonds is 9. The molecule has 108 valence electrons. The Balaban J connectivity index is 4.02. The van der Waals surface area contributed by atoms with Gasteiger partial charge in [0.25, 0.3) is 0 Å². The monoisotopic (exact) mass is 256 g/mol. The third-order valence-electron chi connectivity index (χ3n) is 3.76. The number of amides is 1. The first-order chi connectivity index (χ1) is 8.34. The molecular formula is C15H32N2O. The Morgan fingerprint density at radius 1 is 1.28 bits per heavy atom. The van der Waals surface area contributed by atoms with Crippen LogP contribution >= 0.6 is 0 Å². The summed E-state index contributed by atoms with van der Waals surface area (Å²) in [5.74, 6) is 0.237. The van der Waals surface area contributed by atoms with Crippen LogP contribution in [-0.2, 0) is 4.79 Å². The Labute approximate surface area is 113 Å². The van der Waals surface area contributed by atoms with E-state index in [9.17, 15) is 4.79 Å². The Morgan fingerprint density at radius 3 is 2.39 bits per heavy atom. The predicted molar refractivity (Wildman–Crippen MR) is 78.4 cm³/mol. The first kappa shape index (κ1) is 17.4. The van der Waals surface area contributed by atoms with Gasteiger partial charge in [0.2, 0.25) is 5.91 Å². The molecule has 0 radical (unpaired) electrons. The fourth-order valence-electron chi connectivity index (χ4n) is 1.90. The van der Waals surface area contributed by atoms with Crippen LogP contribution in [0.5, 0.6) is 0 Å². The maximum absolute atomic E-state index is 11.9. The molecule has 0 fully saturated rings. The zero-order chi connectivity index (χ0) is 14.2. The lowest BCUT2D eigenvalue weighted by atomic mass is 9.86. The molecule has 0 spiro atoms. The van der Waals surface area contributed by atoms with Crippen LogP contribution in [0.1, 0.15) is 66.7 Å². The van der Waals surface area contributed by atoms with Gasteiger partial charge in [-0.1, -0.05) is 60.3 Å². The minimum Gasteiger partial charge on any atom is -0.354 e. The topological polar surface area (TPSA) is 55.1 Å². The van der Waals surface area contributed by atoms with Gasteiger partial charge in [-0.15, -0.1) is 0 Å². The van der Waals surface area contributed by atoms with E-state index in [4.69, 9.17) is 5.73 Å². The van der Waals surface area contributed by atoms with E-state index in [1.807, 2.05) is 6.92 Å². The largest absolute Gasteiger partial charge is 0.354 e. The summed E-state index contributed by atoms with van der Waals surface area (Å²) < 4.78 is 0. The standard InChI is InChI=1S/C15H32N2O/c1-6-8-9-10-15(4,5)11-17-14(18)13(16)12(3)7-2/h12-13H,6-11,16H2,1-5H3,(H,17,18)/t12-,13-/m0/s1. The molecule has 3 N–H and O–H groups in total. The number of hydrogen-bond acceptors (Lipinski definition) is 2. The number of carbonyl (C=O) groups is 1. The summed E-state index contributed by atoms with van der Waals surface area (Å²) in [6.45, 7) is 11.4. The summed E-state index contributed by atoms with van der Waals surface area (Å²) in [7, 11) is 0. The summed E-state index contributed by atoms with van der Waals surface area (Å²) in [6, 6.07) is -0.374. The Kier molecular flexibility index (Phi) is 8.25. The summed E-state index contributed by atoms with van der Waals surface area (Å²) >= 11 is 0. The second-order valence-corrected chi connectivity index (χ2v) is 6.25. The fraction of sp³-hybridized carbons (Fsp3) is 0.933. The van der Waals surface area contributed by atoms with E-state index >= 15 is 0 Å². The SMILES string of the molecule is CCCCCC(C)(C)CNC(=O)[C@@H](N)[C@@H](C)CC. The smallest absolute Gasteiger partial charge is 0.237 e. The third-order valence-corrected chi connectivity index (χ3v) is 3.76. The van der Waals surface area contributed by atoms with Crippen LogP contribution in [0.2, 0.25) is 0 Å². The molecule has 0 saturated heterocycles. The molecule has 3 heteroatoms. The van der Waals surface area contributed by atoms with Gasteiger partial charge in [-0.25, -0.2) is 0 Å². The lowest BCUT2D eigenvalue weighted by Crippen LogP contribution is -2.47. The number of nitrogens with two attached hydrogens (primary N) is 1. The maximum Gasteiger partial charge on any atom is 0.237 e. The zero-order valence-corrected chi connectivity index (χ0v) is 12.9. The lowest BCUT2D eigenvalue weighted by Gasteiger charge is -2.26. The molecule has 3 nitrogen and oxygen atoms in total. The van der Waals surface area contributed by atoms with E-state index in [-0.39, 0.29) is 23.3 Å². The average Bonchev–Trinajstić information content (AvgIpc) is 2.34. The van der Waals surface area contributed by atoms with Gasteiger partial charge in [0.15, 0.2) is 0 Å². The van der Waals surface area contributed by atoms with Crippen LogP contribution in [-0.4, -0.2) is 18.5 Å². The van der Waals surface area contributed by atoms with Crippen molar-refractivity contribution in [2.75, 3.05) is 6.54 Å². The minimum atomic E-state index is -0.374. The van der Waals surface area contributed by atoms with Gasteiger partial charge >= 0.3 is 0 Å². The van der Waals surface area contributed by atoms with E-state index in [0.717, 1.165) is 19.4 Å². The predicted octanol–water partition coefficient (Wildman–Crippen LogP) is 3.08. The number of hydrogen-bond donors (Lipinski definition) is 2. The molecule has 2 atom stereocenters. The normalized spacial score (nSPS) is 15.2. The van der Waals surface area contributed by atoms with Crippen molar-refractivity contribution in [3.8, 4) is 0 Å². The van der Waals surface area contributed by atoms with E-state index < -0.39 is 0 Å². The minimum absolute atomic E-state index is 0.00656. The van der Waals surface area contributed by atoms with Crippen molar-refractivity contribution in [3.05, 3.63) is 0 Å². The first-order valence-corrected chi connectivity index (χ1v) is 7.37. The van der Waals surface area contributed by atoms with E-state index in [0.29, 0.717) is 0 Å². The molecule has 0 aromatic rings. The number of nitrogens with one attached hydrogen (secondary N) is 1. The molecule has 0 unspecified atom stereocenters. The molecule has 0 bridgehead atoms. The van der Waals surface area contributed by atoms with Gasteiger partial charge in [0.05, 0.1) is 6.04 Å². The molecule has 1 amide bonds. The molecule has 18 heavy (non-hydrogen) atoms. The molecule has 0 aromatic carbocycles. The molecule has 0 heterocycles. The summed E-state index contributed by atoms with van der Waals surface area (Å²) in [6.07, 6.45) is 5.83. The molecule has 0 rings (SSSR count). The highest BCUT2D eigenvalue weighted by Crippen LogP contribution is 2.22. The highest BCUT2D eigenvalue weighted by Gasteiger charge is 2.23. The summed E-state index contributed by atoms with van der Waals surface area (Å²) in [5.41, 5.74) is 6.08. The molecule has 0 aliphatic carbocycles. The van der Waals surface area contributed by atoms with Crippen molar-refractivity contribution >= 4 is 5.91 Å². The molecule has 0 saturated carbocycles. The second kappa shape index (κ2) is 8.52. The number of carbonyl (C=O) groups excluding carboxylic acids is 1. The van der Waals surface area contributed by atoms with E-state index in [2.05, 4.69) is 33.0 Å². The van der Waals surface area contributed by atoms with Crippen LogP contribution in [0.4, 0.5) is 0 Å². The van der Waals surface area contributed by atoms with E-state index in [1.165, 1.54) is 19.3 Å². The van der Waals surface area contributed by atoms with Crippen molar-refractivity contribution in [1.82, 2.24) is 5.32 Å².